The van der Waals surface area contributed by atoms with E-state index in [-0.39, 0.29) is 17.4 Å². The fourth-order valence-electron chi connectivity index (χ4n) is 2.89. The van der Waals surface area contributed by atoms with E-state index in [1.54, 1.807) is 42.0 Å². The minimum absolute atomic E-state index is 0.0745. The van der Waals surface area contributed by atoms with Gasteiger partial charge in [0.05, 0.1) is 23.3 Å². The molecule has 0 saturated carbocycles. The molecule has 3 aromatic rings. The molecular weight excluding hydrogens is 386 g/mol. The van der Waals surface area contributed by atoms with Crippen molar-refractivity contribution in [3.8, 4) is 5.75 Å². The first kappa shape index (κ1) is 20.9. The Morgan fingerprint density at radius 3 is 2.48 bits per heavy atom. The third-order valence-electron chi connectivity index (χ3n) is 4.38. The quantitative estimate of drug-likeness (QED) is 0.466. The number of nitrogens with one attached hydrogen (secondary N) is 1. The van der Waals surface area contributed by atoms with Crippen molar-refractivity contribution in [1.82, 2.24) is 9.55 Å². The summed E-state index contributed by atoms with van der Waals surface area (Å²) < 4.78 is 6.81. The lowest BCUT2D eigenvalue weighted by Gasteiger charge is -2.17. The topological polar surface area (TPSA) is 73.2 Å². The van der Waals surface area contributed by atoms with E-state index >= 15 is 0 Å². The van der Waals surface area contributed by atoms with Crippen molar-refractivity contribution in [2.75, 3.05) is 12.4 Å². The molecular formula is C22H25N3O3S. The number of carbonyl (C=O) groups excluding carboxylic acids is 1. The number of aromatic nitrogens is 2. The molecule has 0 fully saturated rings. The predicted molar refractivity (Wildman–Crippen MR) is 118 cm³/mol. The maximum Gasteiger partial charge on any atom is 0.262 e. The molecule has 7 heteroatoms. The lowest BCUT2D eigenvalue weighted by molar-refractivity contribution is -0.115. The SMILES string of the molecule is COc1ccc(NC(=O)[C@H](C)Sc2nc3ccccc3c(=O)n2CC(C)C)cc1. The molecule has 6 nitrogen and oxygen atoms in total. The standard InChI is InChI=1S/C22H25N3O3S/c1-14(2)13-25-21(27)18-7-5-6-8-19(18)24-22(25)29-15(3)20(26)23-16-9-11-17(28-4)12-10-16/h5-12,14-15H,13H2,1-4H3,(H,23,26)/t15-/m0/s1. The predicted octanol–water partition coefficient (Wildman–Crippen LogP) is 4.18. The molecule has 0 bridgehead atoms. The first-order valence-electron chi connectivity index (χ1n) is 9.50. The Bertz CT molecular complexity index is 1060. The van der Waals surface area contributed by atoms with Gasteiger partial charge in [0, 0.05) is 12.2 Å². The number of benzene rings is 2. The first-order chi connectivity index (χ1) is 13.9. The van der Waals surface area contributed by atoms with Gasteiger partial charge >= 0.3 is 0 Å². The van der Waals surface area contributed by atoms with Gasteiger partial charge in [0.25, 0.3) is 5.56 Å². The molecule has 0 aliphatic rings. The number of fused-ring (bicyclic) bond motifs is 1. The summed E-state index contributed by atoms with van der Waals surface area (Å²) in [4.78, 5) is 30.3. The summed E-state index contributed by atoms with van der Waals surface area (Å²) in [7, 11) is 1.60. The van der Waals surface area contributed by atoms with E-state index in [1.807, 2.05) is 25.1 Å². The fourth-order valence-corrected chi connectivity index (χ4v) is 3.81. The maximum atomic E-state index is 13.0. The number of thioether (sulfide) groups is 1. The van der Waals surface area contributed by atoms with Gasteiger partial charge < -0.3 is 10.1 Å². The lowest BCUT2D eigenvalue weighted by atomic mass is 10.2. The molecule has 1 heterocycles. The molecule has 0 unspecified atom stereocenters. The molecule has 152 valence electrons. The Kier molecular flexibility index (Phi) is 6.59. The van der Waals surface area contributed by atoms with Crippen LogP contribution < -0.4 is 15.6 Å². The number of para-hydroxylation sites is 1. The Morgan fingerprint density at radius 2 is 1.83 bits per heavy atom. The second kappa shape index (κ2) is 9.13. The molecule has 0 spiro atoms. The van der Waals surface area contributed by atoms with Crippen LogP contribution in [0.3, 0.4) is 0 Å². The summed E-state index contributed by atoms with van der Waals surface area (Å²) in [6, 6.07) is 14.5. The van der Waals surface area contributed by atoms with Gasteiger partial charge in [-0.05, 0) is 49.2 Å². The van der Waals surface area contributed by atoms with E-state index in [0.29, 0.717) is 28.3 Å². The summed E-state index contributed by atoms with van der Waals surface area (Å²) in [5.74, 6) is 0.848. The average molecular weight is 412 g/mol. The first-order valence-corrected chi connectivity index (χ1v) is 10.4. The van der Waals surface area contributed by atoms with Crippen LogP contribution in [0.25, 0.3) is 10.9 Å². The van der Waals surface area contributed by atoms with Gasteiger partial charge in [0.1, 0.15) is 5.75 Å². The van der Waals surface area contributed by atoms with E-state index in [1.165, 1.54) is 11.8 Å². The second-order valence-corrected chi connectivity index (χ2v) is 8.51. The number of methoxy groups -OCH3 is 1. The average Bonchev–Trinajstić information content (AvgIpc) is 2.71. The summed E-state index contributed by atoms with van der Waals surface area (Å²) in [5, 5.41) is 3.61. The molecule has 1 atom stereocenters. The highest BCUT2D eigenvalue weighted by atomic mass is 32.2. The highest BCUT2D eigenvalue weighted by Gasteiger charge is 2.20. The maximum absolute atomic E-state index is 13.0. The number of hydrogen-bond acceptors (Lipinski definition) is 5. The van der Waals surface area contributed by atoms with E-state index in [0.717, 1.165) is 5.75 Å². The van der Waals surface area contributed by atoms with Crippen molar-refractivity contribution in [1.29, 1.82) is 0 Å². The molecule has 2 aromatic carbocycles. The minimum atomic E-state index is -0.427. The van der Waals surface area contributed by atoms with E-state index in [2.05, 4.69) is 24.1 Å². The molecule has 3 rings (SSSR count). The zero-order valence-corrected chi connectivity index (χ0v) is 17.8. The van der Waals surface area contributed by atoms with Crippen LogP contribution in [0.4, 0.5) is 5.69 Å². The smallest absolute Gasteiger partial charge is 0.262 e. The monoisotopic (exact) mass is 411 g/mol. The van der Waals surface area contributed by atoms with Gasteiger partial charge in [0.15, 0.2) is 5.16 Å². The molecule has 0 saturated heterocycles. The third-order valence-corrected chi connectivity index (χ3v) is 5.47. The third kappa shape index (κ3) is 4.98. The van der Waals surface area contributed by atoms with Crippen molar-refractivity contribution in [2.24, 2.45) is 5.92 Å². The van der Waals surface area contributed by atoms with Crippen molar-refractivity contribution in [3.05, 3.63) is 58.9 Å². The molecule has 0 radical (unpaired) electrons. The number of rotatable bonds is 7. The van der Waals surface area contributed by atoms with Crippen molar-refractivity contribution < 1.29 is 9.53 Å². The minimum Gasteiger partial charge on any atom is -0.497 e. The summed E-state index contributed by atoms with van der Waals surface area (Å²) in [6.07, 6.45) is 0. The van der Waals surface area contributed by atoms with Crippen LogP contribution in [0, 0.1) is 5.92 Å². The Morgan fingerprint density at radius 1 is 1.14 bits per heavy atom. The zero-order valence-electron chi connectivity index (χ0n) is 17.0. The second-order valence-electron chi connectivity index (χ2n) is 7.20. The van der Waals surface area contributed by atoms with Gasteiger partial charge in [-0.2, -0.15) is 0 Å². The number of amides is 1. The van der Waals surface area contributed by atoms with Crippen molar-refractivity contribution in [3.63, 3.8) is 0 Å². The number of carbonyl (C=O) groups is 1. The summed E-state index contributed by atoms with van der Waals surface area (Å²) in [6.45, 7) is 6.46. The van der Waals surface area contributed by atoms with Crippen LogP contribution in [0.5, 0.6) is 5.75 Å². The van der Waals surface area contributed by atoms with Crippen LogP contribution in [0.2, 0.25) is 0 Å². The van der Waals surface area contributed by atoms with Gasteiger partial charge in [-0.25, -0.2) is 4.98 Å². The summed E-state index contributed by atoms with van der Waals surface area (Å²) >= 11 is 1.29. The Balaban J connectivity index is 1.85. The Labute approximate surface area is 174 Å². The lowest BCUT2D eigenvalue weighted by Crippen LogP contribution is -2.28. The normalized spacial score (nSPS) is 12.2. The molecule has 0 aliphatic carbocycles. The van der Waals surface area contributed by atoms with Crippen LogP contribution in [-0.2, 0) is 11.3 Å². The van der Waals surface area contributed by atoms with E-state index in [9.17, 15) is 9.59 Å². The molecule has 1 N–H and O–H groups in total. The van der Waals surface area contributed by atoms with Crippen molar-refractivity contribution >= 4 is 34.3 Å². The highest BCUT2D eigenvalue weighted by molar-refractivity contribution is 8.00. The summed E-state index contributed by atoms with van der Waals surface area (Å²) in [5.41, 5.74) is 1.26. The van der Waals surface area contributed by atoms with Gasteiger partial charge in [-0.15, -0.1) is 0 Å². The molecule has 1 aromatic heterocycles. The molecule has 1 amide bonds. The van der Waals surface area contributed by atoms with Gasteiger partial charge in [-0.1, -0.05) is 37.7 Å². The van der Waals surface area contributed by atoms with Crippen LogP contribution in [0.15, 0.2) is 58.5 Å². The van der Waals surface area contributed by atoms with Gasteiger partial charge in [-0.3, -0.25) is 14.2 Å². The fraction of sp³-hybridized carbons (Fsp3) is 0.318. The highest BCUT2D eigenvalue weighted by Crippen LogP contribution is 2.24. The number of anilines is 1. The largest absolute Gasteiger partial charge is 0.497 e. The van der Waals surface area contributed by atoms with Crippen LogP contribution >= 0.6 is 11.8 Å². The number of hydrogen-bond donors (Lipinski definition) is 1. The Hall–Kier alpha value is -2.80. The number of nitrogens with zero attached hydrogens (tertiary/aromatic N) is 2. The van der Waals surface area contributed by atoms with Gasteiger partial charge in [0.2, 0.25) is 5.91 Å². The zero-order chi connectivity index (χ0) is 21.0. The van der Waals surface area contributed by atoms with Crippen LogP contribution in [-0.4, -0.2) is 27.8 Å². The van der Waals surface area contributed by atoms with Crippen LogP contribution in [0.1, 0.15) is 20.8 Å². The van der Waals surface area contributed by atoms with E-state index in [4.69, 9.17) is 4.74 Å². The van der Waals surface area contributed by atoms with E-state index < -0.39 is 5.25 Å². The molecule has 29 heavy (non-hydrogen) atoms. The molecule has 0 aliphatic heterocycles. The number of ether oxygens (including phenoxy) is 1. The van der Waals surface area contributed by atoms with Crippen molar-refractivity contribution in [2.45, 2.75) is 37.7 Å².